The summed E-state index contributed by atoms with van der Waals surface area (Å²) in [5, 5.41) is 5.68. The number of nitrogens with one attached hydrogen (secondary N) is 3. The van der Waals surface area contributed by atoms with Gasteiger partial charge in [-0.05, 0) is 88.9 Å². The zero-order chi connectivity index (χ0) is 41.5. The Balaban J connectivity index is 1.36. The molecule has 3 heterocycles. The number of allylic oxidation sites excluding steroid dienone is 1. The third-order valence-corrected chi connectivity index (χ3v) is 12.7. The molecule has 2 saturated carbocycles. The molecule has 0 bridgehead atoms. The maximum Gasteiger partial charge on any atom is 0.427 e. The molecule has 57 heavy (non-hydrogen) atoms. The van der Waals surface area contributed by atoms with Crippen molar-refractivity contribution in [2.75, 3.05) is 13.7 Å². The van der Waals surface area contributed by atoms with Crippen LogP contribution in [0.2, 0.25) is 0 Å². The molecule has 1 aromatic carbocycles. The van der Waals surface area contributed by atoms with E-state index in [1.165, 1.54) is 13.3 Å². The SMILES string of the molecule is CC[C@@H]1O[C@@H](C)CC/C=C\[C@@H]2C[C@@]2(C(=O)NS(=O)(=O)C2CC2)NC(=O)[C@@H]2C[C@@H](Oc3nccc4cc(OC)ccc34)CN2C(=O)[C@H]1NC(=O)OC(C)(C)C(F)(F)F. The van der Waals surface area contributed by atoms with Gasteiger partial charge in [0.15, 0.2) is 0 Å². The number of rotatable bonds is 9. The lowest BCUT2D eigenvalue weighted by molar-refractivity contribution is -0.244. The van der Waals surface area contributed by atoms with Crippen molar-refractivity contribution in [3.8, 4) is 11.6 Å². The van der Waals surface area contributed by atoms with Crippen molar-refractivity contribution in [1.29, 1.82) is 0 Å². The molecule has 15 nitrogen and oxygen atoms in total. The summed E-state index contributed by atoms with van der Waals surface area (Å²) in [6, 6.07) is 3.97. The minimum atomic E-state index is -4.94. The van der Waals surface area contributed by atoms with Gasteiger partial charge in [0.1, 0.15) is 29.5 Å². The number of halogens is 3. The highest BCUT2D eigenvalue weighted by Gasteiger charge is 2.62. The summed E-state index contributed by atoms with van der Waals surface area (Å²) >= 11 is 0. The third kappa shape index (κ3) is 9.08. The molecule has 4 aliphatic rings. The van der Waals surface area contributed by atoms with Crippen LogP contribution in [0.4, 0.5) is 18.0 Å². The largest absolute Gasteiger partial charge is 0.497 e. The number of alkyl halides is 3. The van der Waals surface area contributed by atoms with Crippen LogP contribution in [0.25, 0.3) is 10.8 Å². The van der Waals surface area contributed by atoms with Gasteiger partial charge in [-0.25, -0.2) is 18.2 Å². The van der Waals surface area contributed by atoms with E-state index in [9.17, 15) is 40.8 Å². The summed E-state index contributed by atoms with van der Waals surface area (Å²) in [6.07, 6.45) is -2.25. The Morgan fingerprint density at radius 1 is 1.14 bits per heavy atom. The lowest BCUT2D eigenvalue weighted by Crippen LogP contribution is -2.61. The van der Waals surface area contributed by atoms with Crippen LogP contribution in [0.1, 0.15) is 72.6 Å². The number of hydrogen-bond acceptors (Lipinski definition) is 11. The van der Waals surface area contributed by atoms with E-state index in [1.54, 1.807) is 50.3 Å². The second-order valence-corrected chi connectivity index (χ2v) is 17.5. The number of amides is 4. The van der Waals surface area contributed by atoms with Crippen molar-refractivity contribution in [2.24, 2.45) is 5.92 Å². The predicted molar refractivity (Wildman–Crippen MR) is 198 cm³/mol. The zero-order valence-electron chi connectivity index (χ0n) is 32.3. The zero-order valence-corrected chi connectivity index (χ0v) is 33.1. The van der Waals surface area contributed by atoms with Crippen LogP contribution in [-0.2, 0) is 33.9 Å². The lowest BCUT2D eigenvalue weighted by Gasteiger charge is -2.35. The average molecular weight is 824 g/mol. The lowest BCUT2D eigenvalue weighted by atomic mass is 10.0. The second kappa shape index (κ2) is 15.9. The highest BCUT2D eigenvalue weighted by molar-refractivity contribution is 7.91. The van der Waals surface area contributed by atoms with Crippen molar-refractivity contribution < 1.29 is 59.7 Å². The van der Waals surface area contributed by atoms with E-state index in [0.29, 0.717) is 50.7 Å². The molecule has 2 aliphatic heterocycles. The van der Waals surface area contributed by atoms with Crippen LogP contribution in [0, 0.1) is 5.92 Å². The van der Waals surface area contributed by atoms with Gasteiger partial charge in [-0.2, -0.15) is 13.2 Å². The Labute approximate surface area is 328 Å². The highest BCUT2D eigenvalue weighted by atomic mass is 32.2. The summed E-state index contributed by atoms with van der Waals surface area (Å²) in [6.45, 7) is 4.49. The second-order valence-electron chi connectivity index (χ2n) is 15.6. The van der Waals surface area contributed by atoms with Crippen LogP contribution in [-0.4, -0.2) is 109 Å². The minimum Gasteiger partial charge on any atom is -0.497 e. The molecule has 19 heteroatoms. The summed E-state index contributed by atoms with van der Waals surface area (Å²) < 4.78 is 91.8. The number of hydrogen-bond donors (Lipinski definition) is 3. The van der Waals surface area contributed by atoms with E-state index in [4.69, 9.17) is 18.9 Å². The van der Waals surface area contributed by atoms with Gasteiger partial charge < -0.3 is 34.5 Å². The molecular weight excluding hydrogens is 776 g/mol. The van der Waals surface area contributed by atoms with E-state index in [1.807, 2.05) is 0 Å². The molecule has 7 atom stereocenters. The molecule has 3 fully saturated rings. The summed E-state index contributed by atoms with van der Waals surface area (Å²) in [5.74, 6) is -2.40. The van der Waals surface area contributed by atoms with Gasteiger partial charge in [-0.1, -0.05) is 19.1 Å². The van der Waals surface area contributed by atoms with Gasteiger partial charge >= 0.3 is 12.3 Å². The Kier molecular flexibility index (Phi) is 11.7. The molecule has 2 aromatic rings. The summed E-state index contributed by atoms with van der Waals surface area (Å²) in [7, 11) is -2.47. The van der Waals surface area contributed by atoms with Crippen molar-refractivity contribution >= 4 is 44.6 Å². The van der Waals surface area contributed by atoms with Gasteiger partial charge in [0, 0.05) is 23.9 Å². The van der Waals surface area contributed by atoms with Gasteiger partial charge in [-0.15, -0.1) is 0 Å². The molecule has 6 rings (SSSR count). The molecular formula is C38H48F3N5O10S. The number of alkyl carbamates (subject to hydrolysis) is 1. The summed E-state index contributed by atoms with van der Waals surface area (Å²) in [4.78, 5) is 61.6. The van der Waals surface area contributed by atoms with Crippen molar-refractivity contribution in [1.82, 2.24) is 25.2 Å². The Morgan fingerprint density at radius 3 is 2.54 bits per heavy atom. The van der Waals surface area contributed by atoms with Crippen LogP contribution in [0.3, 0.4) is 0 Å². The number of benzene rings is 1. The van der Waals surface area contributed by atoms with Crippen molar-refractivity contribution in [3.05, 3.63) is 42.6 Å². The topological polar surface area (TPSA) is 192 Å². The van der Waals surface area contributed by atoms with Crippen molar-refractivity contribution in [2.45, 2.75) is 126 Å². The number of carbonyl (C=O) groups is 4. The molecule has 1 aromatic heterocycles. The molecule has 4 amide bonds. The molecule has 0 spiro atoms. The predicted octanol–water partition coefficient (Wildman–Crippen LogP) is 4.04. The molecule has 312 valence electrons. The number of carbonyl (C=O) groups excluding carboxylic acids is 4. The molecule has 0 radical (unpaired) electrons. The third-order valence-electron chi connectivity index (χ3n) is 10.9. The quantitative estimate of drug-likeness (QED) is 0.310. The number of nitrogens with zero attached hydrogens (tertiary/aromatic N) is 2. The normalized spacial score (nSPS) is 29.2. The number of ether oxygens (including phenoxy) is 4. The van der Waals surface area contributed by atoms with Crippen LogP contribution < -0.4 is 24.8 Å². The smallest absolute Gasteiger partial charge is 0.427 e. The molecule has 1 saturated heterocycles. The Morgan fingerprint density at radius 2 is 1.88 bits per heavy atom. The Bertz CT molecular complexity index is 2030. The fraction of sp³-hybridized carbons (Fsp3) is 0.605. The number of methoxy groups -OCH3 is 1. The van der Waals surface area contributed by atoms with Gasteiger partial charge in [0.25, 0.3) is 5.91 Å². The number of pyridine rings is 1. The maximum absolute atomic E-state index is 14.8. The van der Waals surface area contributed by atoms with Gasteiger partial charge in [0.2, 0.25) is 33.3 Å². The first kappa shape index (κ1) is 42.0. The first-order valence-corrected chi connectivity index (χ1v) is 20.5. The van der Waals surface area contributed by atoms with Crippen LogP contribution in [0.15, 0.2) is 42.6 Å². The van der Waals surface area contributed by atoms with Gasteiger partial charge in [0.05, 0.1) is 31.1 Å². The first-order chi connectivity index (χ1) is 26.8. The van der Waals surface area contributed by atoms with E-state index in [0.717, 1.165) is 10.3 Å². The van der Waals surface area contributed by atoms with E-state index >= 15 is 0 Å². The molecule has 3 N–H and O–H groups in total. The summed E-state index contributed by atoms with van der Waals surface area (Å²) in [5.41, 5.74) is -4.58. The van der Waals surface area contributed by atoms with Crippen molar-refractivity contribution in [3.63, 3.8) is 0 Å². The fourth-order valence-corrected chi connectivity index (χ4v) is 8.52. The number of fused-ring (bicyclic) bond motifs is 3. The molecule has 2 aliphatic carbocycles. The number of aromatic nitrogens is 1. The average Bonchev–Trinajstić information content (AvgIpc) is 4.07. The van der Waals surface area contributed by atoms with E-state index in [2.05, 4.69) is 20.3 Å². The number of sulfonamides is 1. The van der Waals surface area contributed by atoms with Gasteiger partial charge in [-0.3, -0.25) is 19.1 Å². The van der Waals surface area contributed by atoms with E-state index < -0.39 is 92.7 Å². The highest BCUT2D eigenvalue weighted by Crippen LogP contribution is 2.46. The van der Waals surface area contributed by atoms with E-state index in [-0.39, 0.29) is 31.7 Å². The Hall–Kier alpha value is -4.65. The van der Waals surface area contributed by atoms with Crippen LogP contribution in [0.5, 0.6) is 11.6 Å². The first-order valence-electron chi connectivity index (χ1n) is 18.9. The van der Waals surface area contributed by atoms with Crippen LogP contribution >= 0.6 is 0 Å². The fourth-order valence-electron chi connectivity index (χ4n) is 7.16. The minimum absolute atomic E-state index is 0.0835. The maximum atomic E-state index is 14.8. The monoisotopic (exact) mass is 823 g/mol. The standard InChI is InChI=1S/C38H48F3N5O10S/c1-6-29-30(43-35(50)56-36(3,4)38(39,40)41)33(48)46-20-25(55-32-27-14-11-24(53-5)17-22(27)15-16-42-32)18-28(46)31(47)44-37(34(49)45-57(51,52)26-12-13-26)19-23(37)10-8-7-9-21(2)54-29/h8,10-11,14-17,21,23,25-26,28-30H,6-7,9,12-13,18-20H2,1-5H3,(H,43,50)(H,44,47)(H,45,49)/b10-8-/t21-,23+,25+,28-,29-,30-,37+/m0/s1. The molecule has 0 unspecified atom stereocenters.